The van der Waals surface area contributed by atoms with E-state index in [4.69, 9.17) is 23.8 Å². The molecule has 0 radical (unpaired) electrons. The average molecular weight is 691 g/mol. The summed E-state index contributed by atoms with van der Waals surface area (Å²) in [5, 5.41) is 4.36. The lowest BCUT2D eigenvalue weighted by Crippen LogP contribution is -2.57. The van der Waals surface area contributed by atoms with Gasteiger partial charge in [-0.2, -0.15) is 0 Å². The van der Waals surface area contributed by atoms with E-state index >= 15 is 0 Å². The number of carbonyl (C=O) groups excluding carboxylic acids is 3. The third-order valence-electron chi connectivity index (χ3n) is 11.5. The number of fused-ring (bicyclic) bond motifs is 4. The summed E-state index contributed by atoms with van der Waals surface area (Å²) in [5.74, 6) is -0.486. The zero-order valence-electron chi connectivity index (χ0n) is 30.8. The zero-order valence-corrected chi connectivity index (χ0v) is 30.8. The lowest BCUT2D eigenvalue weighted by atomic mass is 9.49. The highest BCUT2D eigenvalue weighted by Crippen LogP contribution is 2.68. The van der Waals surface area contributed by atoms with Gasteiger partial charge in [0, 0.05) is 51.1 Å². The zero-order chi connectivity index (χ0) is 36.2. The first-order chi connectivity index (χ1) is 23.8. The van der Waals surface area contributed by atoms with E-state index in [1.165, 1.54) is 29.2 Å². The number of esters is 2. The standard InChI is InChI=1S/C40H54N2O8/c1-25(2)32-22-34-36-15-16-40(26(3)43,50-27(4)44)39(36,5)23-35(28-9-12-30(13-10-28)42(6)7)38(34)31-14-11-29(21-33(31)32)41-49-24-37(45)48-20-19-47-18-17-46-8/h9-10,12-13,21,32,34-36H,1,11,14-20,22-24H2,2-8H3/b41-29-. The molecule has 0 aromatic heterocycles. The van der Waals surface area contributed by atoms with Crippen molar-refractivity contribution >= 4 is 29.1 Å². The third-order valence-corrected chi connectivity index (χ3v) is 11.5. The van der Waals surface area contributed by atoms with Crippen molar-refractivity contribution in [1.82, 2.24) is 0 Å². The smallest absolute Gasteiger partial charge is 0.347 e. The van der Waals surface area contributed by atoms with Crippen molar-refractivity contribution in [1.29, 1.82) is 0 Å². The summed E-state index contributed by atoms with van der Waals surface area (Å²) in [6.45, 7) is 12.8. The van der Waals surface area contributed by atoms with Gasteiger partial charge in [0.05, 0.1) is 25.5 Å². The Morgan fingerprint density at radius 1 is 1.02 bits per heavy atom. The van der Waals surface area contributed by atoms with Crippen molar-refractivity contribution in [3.05, 3.63) is 64.8 Å². The summed E-state index contributed by atoms with van der Waals surface area (Å²) in [4.78, 5) is 45.9. The van der Waals surface area contributed by atoms with E-state index in [0.29, 0.717) is 32.5 Å². The number of nitrogens with zero attached hydrogens (tertiary/aromatic N) is 2. The van der Waals surface area contributed by atoms with Gasteiger partial charge in [-0.1, -0.05) is 41.9 Å². The molecule has 10 heteroatoms. The average Bonchev–Trinajstić information content (AvgIpc) is 3.37. The van der Waals surface area contributed by atoms with E-state index in [-0.39, 0.29) is 49.3 Å². The van der Waals surface area contributed by atoms with E-state index in [1.807, 2.05) is 14.1 Å². The fourth-order valence-electron chi connectivity index (χ4n) is 9.27. The molecule has 1 aromatic rings. The van der Waals surface area contributed by atoms with Crippen LogP contribution >= 0.6 is 0 Å². The van der Waals surface area contributed by atoms with Crippen LogP contribution in [0.2, 0.25) is 0 Å². The van der Waals surface area contributed by atoms with Gasteiger partial charge in [0.15, 0.2) is 11.4 Å². The van der Waals surface area contributed by atoms with Crippen molar-refractivity contribution in [3.8, 4) is 0 Å². The van der Waals surface area contributed by atoms with E-state index < -0.39 is 23.0 Å². The van der Waals surface area contributed by atoms with Gasteiger partial charge < -0.3 is 28.7 Å². The number of hydrogen-bond acceptors (Lipinski definition) is 10. The van der Waals surface area contributed by atoms with Crippen LogP contribution in [0.15, 0.2) is 64.4 Å². The molecule has 4 aliphatic rings. The second-order valence-electron chi connectivity index (χ2n) is 14.7. The first kappa shape index (κ1) is 37.5. The number of methoxy groups -OCH3 is 1. The second-order valence-corrected chi connectivity index (χ2v) is 14.7. The number of benzene rings is 1. The number of allylic oxidation sites excluding steroid dienone is 5. The normalized spacial score (nSPS) is 29.3. The molecule has 1 aromatic carbocycles. The Bertz CT molecular complexity index is 1560. The highest BCUT2D eigenvalue weighted by molar-refractivity contribution is 5.98. The molecule has 4 aliphatic carbocycles. The molecule has 272 valence electrons. The predicted octanol–water partition coefficient (Wildman–Crippen LogP) is 6.35. The van der Waals surface area contributed by atoms with Gasteiger partial charge in [-0.25, -0.2) is 4.79 Å². The first-order valence-electron chi connectivity index (χ1n) is 17.8. The molecular weight excluding hydrogens is 636 g/mol. The van der Waals surface area contributed by atoms with Crippen molar-refractivity contribution in [2.45, 2.75) is 77.7 Å². The molecule has 0 heterocycles. The Labute approximate surface area is 296 Å². The highest BCUT2D eigenvalue weighted by atomic mass is 16.7. The highest BCUT2D eigenvalue weighted by Gasteiger charge is 2.67. The molecule has 0 spiro atoms. The van der Waals surface area contributed by atoms with E-state index in [9.17, 15) is 14.4 Å². The van der Waals surface area contributed by atoms with Crippen molar-refractivity contribution < 1.29 is 38.2 Å². The lowest BCUT2D eigenvalue weighted by Gasteiger charge is -2.56. The molecule has 0 saturated heterocycles. The Balaban J connectivity index is 1.49. The minimum absolute atomic E-state index is 0.0392. The maximum Gasteiger partial charge on any atom is 0.347 e. The maximum absolute atomic E-state index is 13.6. The monoisotopic (exact) mass is 690 g/mol. The van der Waals surface area contributed by atoms with Gasteiger partial charge in [0.1, 0.15) is 6.61 Å². The summed E-state index contributed by atoms with van der Waals surface area (Å²) in [5.41, 5.74) is 6.47. The van der Waals surface area contributed by atoms with Crippen LogP contribution in [-0.2, 0) is 38.2 Å². The molecular formula is C40H54N2O8. The summed E-state index contributed by atoms with van der Waals surface area (Å²) in [6, 6.07) is 8.74. The number of anilines is 1. The fraction of sp³-hybridized carbons (Fsp3) is 0.600. The van der Waals surface area contributed by atoms with Gasteiger partial charge in [0.25, 0.3) is 0 Å². The summed E-state index contributed by atoms with van der Waals surface area (Å²) in [6.07, 6.45) is 6.48. The Kier molecular flexibility index (Phi) is 11.7. The minimum atomic E-state index is -1.15. The molecule has 50 heavy (non-hydrogen) atoms. The molecule has 5 rings (SSSR count). The summed E-state index contributed by atoms with van der Waals surface area (Å²) in [7, 11) is 5.67. The molecule has 0 bridgehead atoms. The molecule has 0 amide bonds. The predicted molar refractivity (Wildman–Crippen MR) is 192 cm³/mol. The maximum atomic E-state index is 13.6. The number of rotatable bonds is 14. The van der Waals surface area contributed by atoms with Gasteiger partial charge in [-0.3, -0.25) is 9.59 Å². The number of hydrogen-bond donors (Lipinski definition) is 0. The second kappa shape index (κ2) is 15.6. The van der Waals surface area contributed by atoms with Crippen LogP contribution < -0.4 is 4.90 Å². The van der Waals surface area contributed by atoms with E-state index in [1.54, 1.807) is 14.0 Å². The third kappa shape index (κ3) is 7.33. The minimum Gasteiger partial charge on any atom is -0.461 e. The molecule has 10 nitrogen and oxygen atoms in total. The summed E-state index contributed by atoms with van der Waals surface area (Å²) >= 11 is 0. The molecule has 6 atom stereocenters. The lowest BCUT2D eigenvalue weighted by molar-refractivity contribution is -0.182. The van der Waals surface area contributed by atoms with Gasteiger partial charge in [-0.05, 0) is 99.1 Å². The van der Waals surface area contributed by atoms with Crippen LogP contribution in [0, 0.1) is 23.2 Å². The van der Waals surface area contributed by atoms with Gasteiger partial charge in [0.2, 0.25) is 6.61 Å². The van der Waals surface area contributed by atoms with Crippen LogP contribution in [0.5, 0.6) is 0 Å². The Hall–Kier alpha value is -3.76. The van der Waals surface area contributed by atoms with E-state index in [0.717, 1.165) is 36.2 Å². The first-order valence-corrected chi connectivity index (χ1v) is 17.8. The van der Waals surface area contributed by atoms with Crippen LogP contribution in [0.1, 0.15) is 77.7 Å². The van der Waals surface area contributed by atoms with Crippen LogP contribution in [0.25, 0.3) is 0 Å². The quantitative estimate of drug-likeness (QED) is 0.0954. The topological polar surface area (TPSA) is 113 Å². The van der Waals surface area contributed by atoms with Crippen molar-refractivity contribution in [3.63, 3.8) is 0 Å². The number of oxime groups is 1. The number of ketones is 1. The van der Waals surface area contributed by atoms with Crippen LogP contribution in [-0.4, -0.2) is 83.3 Å². The Morgan fingerprint density at radius 3 is 2.38 bits per heavy atom. The molecule has 2 fully saturated rings. The molecule has 6 unspecified atom stereocenters. The summed E-state index contributed by atoms with van der Waals surface area (Å²) < 4.78 is 21.6. The molecule has 0 N–H and O–H groups in total. The molecule has 2 saturated carbocycles. The fourth-order valence-corrected chi connectivity index (χ4v) is 9.27. The largest absolute Gasteiger partial charge is 0.461 e. The van der Waals surface area contributed by atoms with Crippen molar-refractivity contribution in [2.75, 3.05) is 59.1 Å². The Morgan fingerprint density at radius 2 is 1.74 bits per heavy atom. The number of carbonyl (C=O) groups is 3. The number of Topliss-reactive ketones (excluding diaryl/α,β-unsaturated/α-hetero) is 1. The SMILES string of the molecule is C=C(C)C1CC2C(=C3CC/C(=N/OCC(=O)OCCOCCOC)C=C31)C(c1ccc(N(C)C)cc1)CC1(C)C2CCC1(OC(C)=O)C(C)=O. The van der Waals surface area contributed by atoms with Gasteiger partial charge >= 0.3 is 11.9 Å². The van der Waals surface area contributed by atoms with Gasteiger partial charge in [-0.15, -0.1) is 0 Å². The van der Waals surface area contributed by atoms with Crippen molar-refractivity contribution in [2.24, 2.45) is 28.3 Å². The number of ether oxygens (including phenoxy) is 4. The van der Waals surface area contributed by atoms with E-state index in [2.05, 4.69) is 60.8 Å². The molecule has 0 aliphatic heterocycles. The van der Waals surface area contributed by atoms with Crippen LogP contribution in [0.4, 0.5) is 5.69 Å². The van der Waals surface area contributed by atoms with Crippen LogP contribution in [0.3, 0.4) is 0 Å².